The molecule has 2 rings (SSSR count). The topological polar surface area (TPSA) is 75.6 Å². The molecule has 5 nitrogen and oxygen atoms in total. The number of nitrogens with one attached hydrogen (secondary N) is 1. The Kier molecular flexibility index (Phi) is 6.78. The molecule has 0 saturated carbocycles. The number of ether oxygens (including phenoxy) is 1. The van der Waals surface area contributed by atoms with Gasteiger partial charge in [-0.3, -0.25) is 9.59 Å². The zero-order valence-electron chi connectivity index (χ0n) is 15.2. The number of hydrogen-bond donors (Lipinski definition) is 2. The Morgan fingerprint density at radius 3 is 2.50 bits per heavy atom. The van der Waals surface area contributed by atoms with Crippen LogP contribution < -0.4 is 10.1 Å². The van der Waals surface area contributed by atoms with Crippen LogP contribution in [0.15, 0.2) is 54.6 Å². The highest BCUT2D eigenvalue weighted by Gasteiger charge is 2.31. The molecule has 0 bridgehead atoms. The molecule has 0 aliphatic rings. The summed E-state index contributed by atoms with van der Waals surface area (Å²) in [5, 5.41) is 12.2. The maximum atomic E-state index is 12.4. The molecule has 0 spiro atoms. The van der Waals surface area contributed by atoms with Crippen LogP contribution in [-0.2, 0) is 21.5 Å². The lowest BCUT2D eigenvalue weighted by Crippen LogP contribution is -2.45. The van der Waals surface area contributed by atoms with Gasteiger partial charge in [0.15, 0.2) is 0 Å². The molecule has 2 N–H and O–H groups in total. The van der Waals surface area contributed by atoms with E-state index in [1.807, 2.05) is 30.3 Å². The number of rotatable bonds is 9. The summed E-state index contributed by atoms with van der Waals surface area (Å²) in [6.07, 6.45) is 1.65. The van der Waals surface area contributed by atoms with E-state index >= 15 is 0 Å². The first-order chi connectivity index (χ1) is 12.4. The zero-order chi connectivity index (χ0) is 19.0. The predicted octanol–water partition coefficient (Wildman–Crippen LogP) is 3.52. The van der Waals surface area contributed by atoms with Crippen LogP contribution in [0.1, 0.15) is 37.3 Å². The molecule has 5 heteroatoms. The van der Waals surface area contributed by atoms with Gasteiger partial charge >= 0.3 is 5.97 Å². The summed E-state index contributed by atoms with van der Waals surface area (Å²) in [7, 11) is 1.55. The first-order valence-corrected chi connectivity index (χ1v) is 8.64. The molecular formula is C21H25NO4. The Morgan fingerprint density at radius 1 is 1.12 bits per heavy atom. The summed E-state index contributed by atoms with van der Waals surface area (Å²) in [5.41, 5.74) is 0.890. The van der Waals surface area contributed by atoms with Crippen LogP contribution in [0.5, 0.6) is 5.75 Å². The van der Waals surface area contributed by atoms with E-state index in [0.717, 1.165) is 6.42 Å². The van der Waals surface area contributed by atoms with Crippen LogP contribution in [0.4, 0.5) is 0 Å². The van der Waals surface area contributed by atoms with Crippen LogP contribution >= 0.6 is 0 Å². The second-order valence-electron chi connectivity index (χ2n) is 6.52. The first-order valence-electron chi connectivity index (χ1n) is 8.64. The molecule has 0 aromatic heterocycles. The minimum Gasteiger partial charge on any atom is -0.497 e. The molecule has 1 amide bonds. The number of hydrogen-bond acceptors (Lipinski definition) is 3. The van der Waals surface area contributed by atoms with Gasteiger partial charge in [0.1, 0.15) is 5.75 Å². The van der Waals surface area contributed by atoms with Crippen molar-refractivity contribution >= 4 is 11.9 Å². The summed E-state index contributed by atoms with van der Waals surface area (Å²) in [6, 6.07) is 17.1. The second-order valence-corrected chi connectivity index (χ2v) is 6.52. The summed E-state index contributed by atoms with van der Waals surface area (Å²) in [6.45, 7) is 1.73. The summed E-state index contributed by atoms with van der Waals surface area (Å²) in [5.74, 6) is -0.509. The van der Waals surface area contributed by atoms with Gasteiger partial charge < -0.3 is 15.2 Å². The van der Waals surface area contributed by atoms with Gasteiger partial charge in [-0.1, -0.05) is 42.5 Å². The quantitative estimate of drug-likeness (QED) is 0.722. The number of carbonyl (C=O) groups excluding carboxylic acids is 1. The van der Waals surface area contributed by atoms with Crippen LogP contribution in [0.25, 0.3) is 0 Å². The van der Waals surface area contributed by atoms with Crippen LogP contribution in [-0.4, -0.2) is 24.1 Å². The van der Waals surface area contributed by atoms with Gasteiger partial charge in [0, 0.05) is 6.42 Å². The van der Waals surface area contributed by atoms with Crippen LogP contribution in [0.2, 0.25) is 0 Å². The van der Waals surface area contributed by atoms with E-state index in [-0.39, 0.29) is 12.3 Å². The zero-order valence-corrected chi connectivity index (χ0v) is 15.2. The standard InChI is InChI=1S/C21H25NO4/c1-21(15-20(24)25,17-11-7-12-18(14-17)26-2)22-19(23)13-6-10-16-8-4-3-5-9-16/h3-5,7-9,11-12,14H,6,10,13,15H2,1-2H3,(H,22,23)(H,24,25). The van der Waals surface area contributed by atoms with E-state index < -0.39 is 11.5 Å². The predicted molar refractivity (Wildman–Crippen MR) is 100 cm³/mol. The largest absolute Gasteiger partial charge is 0.497 e. The SMILES string of the molecule is COc1cccc(C(C)(CC(=O)O)NC(=O)CCCc2ccccc2)c1. The van der Waals surface area contributed by atoms with E-state index in [1.54, 1.807) is 38.3 Å². The number of aliphatic carboxylic acids is 1. The Labute approximate surface area is 154 Å². The van der Waals surface area contributed by atoms with Crippen molar-refractivity contribution in [3.05, 3.63) is 65.7 Å². The number of carboxylic acids is 1. The molecule has 26 heavy (non-hydrogen) atoms. The normalized spacial score (nSPS) is 12.8. The highest BCUT2D eigenvalue weighted by molar-refractivity contribution is 5.78. The van der Waals surface area contributed by atoms with E-state index in [2.05, 4.69) is 5.32 Å². The molecule has 1 atom stereocenters. The second kappa shape index (κ2) is 9.04. The van der Waals surface area contributed by atoms with Gasteiger partial charge in [-0.25, -0.2) is 0 Å². The van der Waals surface area contributed by atoms with Gasteiger partial charge in [0.25, 0.3) is 0 Å². The molecule has 0 aliphatic heterocycles. The first kappa shape index (κ1) is 19.5. The molecule has 0 fully saturated rings. The maximum absolute atomic E-state index is 12.4. The average molecular weight is 355 g/mol. The summed E-state index contributed by atoms with van der Waals surface area (Å²) in [4.78, 5) is 23.8. The lowest BCUT2D eigenvalue weighted by Gasteiger charge is -2.30. The molecule has 1 unspecified atom stereocenters. The number of carboxylic acid groups (broad SMARTS) is 1. The van der Waals surface area contributed by atoms with Gasteiger partial charge in [0.2, 0.25) is 5.91 Å². The summed E-state index contributed by atoms with van der Waals surface area (Å²) < 4.78 is 5.21. The lowest BCUT2D eigenvalue weighted by atomic mass is 9.88. The minimum atomic E-state index is -0.996. The van der Waals surface area contributed by atoms with Crippen LogP contribution in [0, 0.1) is 0 Å². The van der Waals surface area contributed by atoms with Crippen molar-refractivity contribution in [3.8, 4) is 5.75 Å². The Morgan fingerprint density at radius 2 is 1.85 bits per heavy atom. The monoisotopic (exact) mass is 355 g/mol. The highest BCUT2D eigenvalue weighted by atomic mass is 16.5. The fourth-order valence-electron chi connectivity index (χ4n) is 2.96. The van der Waals surface area contributed by atoms with Crippen molar-refractivity contribution in [2.75, 3.05) is 7.11 Å². The molecule has 0 aliphatic carbocycles. The van der Waals surface area contributed by atoms with E-state index in [1.165, 1.54) is 5.56 Å². The number of carbonyl (C=O) groups is 2. The molecule has 2 aromatic rings. The van der Waals surface area contributed by atoms with E-state index in [9.17, 15) is 14.7 Å². The van der Waals surface area contributed by atoms with Gasteiger partial charge in [-0.05, 0) is 43.0 Å². The maximum Gasteiger partial charge on any atom is 0.306 e. The molecule has 2 aromatic carbocycles. The smallest absolute Gasteiger partial charge is 0.306 e. The van der Waals surface area contributed by atoms with Crippen molar-refractivity contribution in [1.82, 2.24) is 5.32 Å². The van der Waals surface area contributed by atoms with E-state index in [4.69, 9.17) is 4.74 Å². The van der Waals surface area contributed by atoms with Crippen molar-refractivity contribution in [1.29, 1.82) is 0 Å². The van der Waals surface area contributed by atoms with Crippen molar-refractivity contribution in [2.24, 2.45) is 0 Å². The lowest BCUT2D eigenvalue weighted by molar-refractivity contribution is -0.139. The molecule has 138 valence electrons. The van der Waals surface area contributed by atoms with Gasteiger partial charge in [-0.15, -0.1) is 0 Å². The van der Waals surface area contributed by atoms with Gasteiger partial charge in [-0.2, -0.15) is 0 Å². The molecule has 0 radical (unpaired) electrons. The molecular weight excluding hydrogens is 330 g/mol. The van der Waals surface area contributed by atoms with Crippen molar-refractivity contribution in [2.45, 2.75) is 38.1 Å². The number of aryl methyl sites for hydroxylation is 1. The van der Waals surface area contributed by atoms with Gasteiger partial charge in [0.05, 0.1) is 19.1 Å². The Bertz CT molecular complexity index is 745. The Balaban J connectivity index is 2.03. The van der Waals surface area contributed by atoms with Crippen molar-refractivity contribution in [3.63, 3.8) is 0 Å². The highest BCUT2D eigenvalue weighted by Crippen LogP contribution is 2.28. The molecule has 0 saturated heterocycles. The van der Waals surface area contributed by atoms with Crippen molar-refractivity contribution < 1.29 is 19.4 Å². The number of amides is 1. The summed E-state index contributed by atoms with van der Waals surface area (Å²) >= 11 is 0. The van der Waals surface area contributed by atoms with E-state index in [0.29, 0.717) is 24.2 Å². The number of methoxy groups -OCH3 is 1. The Hall–Kier alpha value is -2.82. The third-order valence-electron chi connectivity index (χ3n) is 4.34. The third kappa shape index (κ3) is 5.62. The van der Waals surface area contributed by atoms with Crippen LogP contribution in [0.3, 0.4) is 0 Å². The fraction of sp³-hybridized carbons (Fsp3) is 0.333. The number of benzene rings is 2. The third-order valence-corrected chi connectivity index (χ3v) is 4.34. The fourth-order valence-corrected chi connectivity index (χ4v) is 2.96. The molecule has 0 heterocycles. The minimum absolute atomic E-state index is 0.160. The average Bonchev–Trinajstić information content (AvgIpc) is 2.62.